The first-order chi connectivity index (χ1) is 17.0. The zero-order chi connectivity index (χ0) is 24.5. The van der Waals surface area contributed by atoms with E-state index in [4.69, 9.17) is 4.98 Å². The van der Waals surface area contributed by atoms with E-state index in [9.17, 15) is 14.9 Å². The van der Waals surface area contributed by atoms with E-state index in [2.05, 4.69) is 31.9 Å². The highest BCUT2D eigenvalue weighted by atomic mass is 16.1. The Bertz CT molecular complexity index is 1480. The number of benzene rings is 1. The van der Waals surface area contributed by atoms with Gasteiger partial charge in [-0.05, 0) is 63.6 Å². The van der Waals surface area contributed by atoms with Crippen molar-refractivity contribution < 1.29 is 9.59 Å². The summed E-state index contributed by atoms with van der Waals surface area (Å²) in [4.78, 5) is 32.8. The maximum absolute atomic E-state index is 12.3. The zero-order valence-corrected chi connectivity index (χ0v) is 19.4. The summed E-state index contributed by atoms with van der Waals surface area (Å²) in [5.41, 5.74) is 4.77. The molecule has 1 aromatic carbocycles. The molecule has 1 saturated heterocycles. The predicted molar refractivity (Wildman–Crippen MR) is 130 cm³/mol. The van der Waals surface area contributed by atoms with Gasteiger partial charge in [-0.3, -0.25) is 14.5 Å². The maximum Gasteiger partial charge on any atom is 0.171 e. The third-order valence-corrected chi connectivity index (χ3v) is 6.32. The molecule has 3 aromatic heterocycles. The number of imidazole rings is 1. The summed E-state index contributed by atoms with van der Waals surface area (Å²) in [6.45, 7) is 4.07. The van der Waals surface area contributed by atoms with Gasteiger partial charge < -0.3 is 15.4 Å². The fourth-order valence-corrected chi connectivity index (χ4v) is 4.56. The molecule has 2 atom stereocenters. The summed E-state index contributed by atoms with van der Waals surface area (Å²) in [6.07, 6.45) is 4.32. The molecule has 35 heavy (non-hydrogen) atoms. The van der Waals surface area contributed by atoms with Crippen LogP contribution >= 0.6 is 0 Å². The van der Waals surface area contributed by atoms with Gasteiger partial charge >= 0.3 is 0 Å². The van der Waals surface area contributed by atoms with Crippen LogP contribution in [0.4, 0.5) is 5.69 Å². The van der Waals surface area contributed by atoms with E-state index >= 15 is 0 Å². The van der Waals surface area contributed by atoms with E-state index in [-0.39, 0.29) is 23.6 Å². The van der Waals surface area contributed by atoms with Crippen molar-refractivity contribution in [2.45, 2.75) is 38.8 Å². The molecule has 2 unspecified atom stereocenters. The maximum atomic E-state index is 12.3. The summed E-state index contributed by atoms with van der Waals surface area (Å²) in [6, 6.07) is 11.6. The van der Waals surface area contributed by atoms with Crippen LogP contribution in [0.25, 0.3) is 28.1 Å². The van der Waals surface area contributed by atoms with Crippen molar-refractivity contribution in [3.8, 4) is 23.1 Å². The van der Waals surface area contributed by atoms with Gasteiger partial charge in [-0.2, -0.15) is 10.4 Å². The van der Waals surface area contributed by atoms with Gasteiger partial charge in [0, 0.05) is 23.0 Å². The van der Waals surface area contributed by atoms with Crippen LogP contribution < -0.4 is 10.6 Å². The monoisotopic (exact) mass is 468 g/mol. The molecule has 1 aliphatic heterocycles. The Morgan fingerprint density at radius 1 is 1.31 bits per heavy atom. The number of anilines is 1. The van der Waals surface area contributed by atoms with Crippen molar-refractivity contribution in [3.63, 3.8) is 0 Å². The Labute approximate surface area is 201 Å². The van der Waals surface area contributed by atoms with Gasteiger partial charge in [-0.15, -0.1) is 0 Å². The molecule has 5 rings (SSSR count). The Balaban J connectivity index is 1.51. The largest absolute Gasteiger partial charge is 0.382 e. The quantitative estimate of drug-likeness (QED) is 0.290. The number of nitriles is 1. The lowest BCUT2D eigenvalue weighted by molar-refractivity contribution is -0.110. The second kappa shape index (κ2) is 9.12. The fourth-order valence-electron chi connectivity index (χ4n) is 4.56. The Kier molecular flexibility index (Phi) is 5.84. The van der Waals surface area contributed by atoms with E-state index in [1.807, 2.05) is 22.8 Å². The van der Waals surface area contributed by atoms with Crippen LogP contribution in [0.3, 0.4) is 0 Å². The normalized spacial score (nSPS) is 17.7. The predicted octanol–water partition coefficient (Wildman–Crippen LogP) is 2.92. The van der Waals surface area contributed by atoms with Crippen molar-refractivity contribution in [1.29, 1.82) is 5.26 Å². The molecule has 0 saturated carbocycles. The van der Waals surface area contributed by atoms with Crippen LogP contribution in [-0.2, 0) is 4.79 Å². The van der Waals surface area contributed by atoms with Gasteiger partial charge in [0.25, 0.3) is 0 Å². The Hall–Kier alpha value is -4.36. The average Bonchev–Trinajstić information content (AvgIpc) is 3.46. The molecule has 10 nitrogen and oxygen atoms in total. The average molecular weight is 469 g/mol. The van der Waals surface area contributed by atoms with Crippen LogP contribution in [0.2, 0.25) is 0 Å². The number of aromatic nitrogens is 5. The number of Topliss-reactive ketones (excluding diaryl/α,β-unsaturated/α-hetero) is 1. The number of ketones is 1. The van der Waals surface area contributed by atoms with E-state index in [0.29, 0.717) is 28.3 Å². The first-order valence-corrected chi connectivity index (χ1v) is 11.4. The molecule has 0 amide bonds. The third-order valence-electron chi connectivity index (χ3n) is 6.32. The number of fused-ring (bicyclic) bond motifs is 1. The number of hydrogen-bond donors (Lipinski definition) is 3. The molecule has 1 fully saturated rings. The zero-order valence-electron chi connectivity index (χ0n) is 19.4. The second-order valence-corrected chi connectivity index (χ2v) is 8.69. The fraction of sp³-hybridized carbons (Fsp3) is 0.280. The van der Waals surface area contributed by atoms with E-state index in [1.165, 1.54) is 6.92 Å². The number of aryl methyl sites for hydroxylation is 1. The number of rotatable bonds is 6. The summed E-state index contributed by atoms with van der Waals surface area (Å²) in [7, 11) is 0. The Morgan fingerprint density at radius 3 is 2.94 bits per heavy atom. The van der Waals surface area contributed by atoms with Gasteiger partial charge in [0.15, 0.2) is 11.5 Å². The molecule has 0 spiro atoms. The lowest BCUT2D eigenvalue weighted by atomic mass is 10.00. The Morgan fingerprint density at radius 2 is 2.17 bits per heavy atom. The molecule has 4 heterocycles. The summed E-state index contributed by atoms with van der Waals surface area (Å²) in [5.74, 6) is 0.425. The van der Waals surface area contributed by atoms with Crippen molar-refractivity contribution >= 4 is 28.8 Å². The number of hydrogen-bond acceptors (Lipinski definition) is 8. The molecule has 3 N–H and O–H groups in total. The van der Waals surface area contributed by atoms with Crippen molar-refractivity contribution in [2.75, 3.05) is 11.9 Å². The molecule has 176 valence electrons. The minimum absolute atomic E-state index is 0.122. The highest BCUT2D eigenvalue weighted by molar-refractivity contribution is 6.00. The topological polar surface area (TPSA) is 141 Å². The number of nitrogens with zero attached hydrogens (tertiary/aromatic N) is 5. The molecule has 4 aromatic rings. The molecule has 0 aliphatic carbocycles. The number of nitrogens with one attached hydrogen (secondary N) is 3. The number of aromatic amines is 1. The lowest BCUT2D eigenvalue weighted by Gasteiger charge is -2.28. The second-order valence-electron chi connectivity index (χ2n) is 8.69. The highest BCUT2D eigenvalue weighted by Gasteiger charge is 2.22. The van der Waals surface area contributed by atoms with Gasteiger partial charge in [0.1, 0.15) is 24.5 Å². The molecular weight excluding hydrogens is 444 g/mol. The van der Waals surface area contributed by atoms with Gasteiger partial charge in [0.2, 0.25) is 0 Å². The molecular formula is C25H24N8O2. The standard InChI is InChI=1S/C25H24N8O2/c1-14-24(21(11-26)32-31-14)25-19(15(2)35)4-6-23(30-25)33-13-28-20-10-16(3-5-22(20)33)29-17-7-8-27-18(9-17)12-34/h3-6,10,12-13,17-18,27,29H,7-9H2,1-2H3,(H,31,32). The van der Waals surface area contributed by atoms with Crippen molar-refractivity contribution in [1.82, 2.24) is 30.0 Å². The van der Waals surface area contributed by atoms with Crippen LogP contribution in [0.1, 0.15) is 41.5 Å². The first-order valence-electron chi connectivity index (χ1n) is 11.4. The minimum Gasteiger partial charge on any atom is -0.382 e. The van der Waals surface area contributed by atoms with Gasteiger partial charge in [-0.1, -0.05) is 0 Å². The molecule has 0 radical (unpaired) electrons. The summed E-state index contributed by atoms with van der Waals surface area (Å²) < 4.78 is 1.85. The molecule has 10 heteroatoms. The number of aldehydes is 1. The number of H-pyrrole nitrogens is 1. The SMILES string of the molecule is CC(=O)c1ccc(-n2cnc3cc(NC4CCNC(C=O)C4)ccc32)nc1-c1c(C#N)n[nH]c1C. The molecule has 0 bridgehead atoms. The van der Waals surface area contributed by atoms with E-state index in [0.717, 1.165) is 42.4 Å². The van der Waals surface area contributed by atoms with Crippen LogP contribution in [-0.4, -0.2) is 55.4 Å². The summed E-state index contributed by atoms with van der Waals surface area (Å²) in [5, 5.41) is 23.1. The lowest BCUT2D eigenvalue weighted by Crippen LogP contribution is -2.43. The van der Waals surface area contributed by atoms with Crippen LogP contribution in [0, 0.1) is 18.3 Å². The highest BCUT2D eigenvalue weighted by Crippen LogP contribution is 2.30. The van der Waals surface area contributed by atoms with Gasteiger partial charge in [0.05, 0.1) is 28.3 Å². The summed E-state index contributed by atoms with van der Waals surface area (Å²) >= 11 is 0. The van der Waals surface area contributed by atoms with Crippen LogP contribution in [0.15, 0.2) is 36.7 Å². The van der Waals surface area contributed by atoms with Crippen LogP contribution in [0.5, 0.6) is 0 Å². The number of pyridine rings is 1. The van der Waals surface area contributed by atoms with E-state index in [1.54, 1.807) is 25.4 Å². The van der Waals surface area contributed by atoms with Crippen molar-refractivity contribution in [2.24, 2.45) is 0 Å². The first kappa shape index (κ1) is 22.4. The van der Waals surface area contributed by atoms with Gasteiger partial charge in [-0.25, -0.2) is 9.97 Å². The van der Waals surface area contributed by atoms with E-state index < -0.39 is 0 Å². The smallest absolute Gasteiger partial charge is 0.171 e. The number of piperidine rings is 1. The third kappa shape index (κ3) is 4.18. The number of carbonyl (C=O) groups is 2. The number of carbonyl (C=O) groups excluding carboxylic acids is 2. The molecule has 1 aliphatic rings. The van der Waals surface area contributed by atoms with Crippen molar-refractivity contribution in [3.05, 3.63) is 53.6 Å². The minimum atomic E-state index is -0.149.